The van der Waals surface area contributed by atoms with Crippen molar-refractivity contribution in [2.45, 2.75) is 58.2 Å². The van der Waals surface area contributed by atoms with Crippen molar-refractivity contribution in [2.75, 3.05) is 31.4 Å². The summed E-state index contributed by atoms with van der Waals surface area (Å²) in [6.45, 7) is 5.17. The fraction of sp³-hybridized carbons (Fsp3) is 0.462. The molecule has 1 saturated carbocycles. The van der Waals surface area contributed by atoms with Crippen LogP contribution in [-0.2, 0) is 6.54 Å². The number of aromatic nitrogens is 2. The minimum absolute atomic E-state index is 0.411. The average molecular weight is 434 g/mol. The lowest BCUT2D eigenvalue weighted by atomic mass is 9.91. The molecule has 4 rings (SSSR count). The summed E-state index contributed by atoms with van der Waals surface area (Å²) in [4.78, 5) is 11.6. The summed E-state index contributed by atoms with van der Waals surface area (Å²) >= 11 is 0. The van der Waals surface area contributed by atoms with Crippen molar-refractivity contribution < 1.29 is 4.74 Å². The maximum Gasteiger partial charge on any atom is 0.225 e. The third kappa shape index (κ3) is 4.96. The van der Waals surface area contributed by atoms with E-state index in [1.54, 1.807) is 7.11 Å². The summed E-state index contributed by atoms with van der Waals surface area (Å²) in [6.07, 6.45) is 4.54. The van der Waals surface area contributed by atoms with E-state index < -0.39 is 0 Å². The molecular formula is C26H35N5O. The molecule has 0 spiro atoms. The molecule has 6 heteroatoms. The highest BCUT2D eigenvalue weighted by atomic mass is 16.5. The molecule has 32 heavy (non-hydrogen) atoms. The predicted octanol–water partition coefficient (Wildman–Crippen LogP) is 4.83. The first-order valence-electron chi connectivity index (χ1n) is 11.5. The highest BCUT2D eigenvalue weighted by molar-refractivity contribution is 5.90. The van der Waals surface area contributed by atoms with Gasteiger partial charge in [-0.05, 0) is 74.4 Å². The lowest BCUT2D eigenvalue weighted by Gasteiger charge is -2.30. The van der Waals surface area contributed by atoms with Gasteiger partial charge in [0.2, 0.25) is 5.95 Å². The lowest BCUT2D eigenvalue weighted by Crippen LogP contribution is -2.37. The molecule has 1 fully saturated rings. The average Bonchev–Trinajstić information content (AvgIpc) is 2.79. The van der Waals surface area contributed by atoms with E-state index in [0.717, 1.165) is 60.6 Å². The topological polar surface area (TPSA) is 62.3 Å². The molecule has 2 N–H and O–H groups in total. The van der Waals surface area contributed by atoms with Gasteiger partial charge in [0, 0.05) is 38.1 Å². The van der Waals surface area contributed by atoms with Crippen LogP contribution in [0.3, 0.4) is 0 Å². The summed E-state index contributed by atoms with van der Waals surface area (Å²) in [5.74, 6) is 2.65. The van der Waals surface area contributed by atoms with Crippen molar-refractivity contribution in [3.05, 3.63) is 53.1 Å². The lowest BCUT2D eigenvalue weighted by molar-refractivity contribution is 0.352. The van der Waals surface area contributed by atoms with Crippen LogP contribution in [-0.4, -0.2) is 43.3 Å². The summed E-state index contributed by atoms with van der Waals surface area (Å²) in [5.41, 5.74) is 4.80. The van der Waals surface area contributed by atoms with Crippen LogP contribution in [0, 0.1) is 13.8 Å². The van der Waals surface area contributed by atoms with Gasteiger partial charge >= 0.3 is 0 Å². The Hall–Kier alpha value is -2.86. The summed E-state index contributed by atoms with van der Waals surface area (Å²) in [5, 5.41) is 8.45. The number of fused-ring (bicyclic) bond motifs is 1. The number of para-hydroxylation sites is 1. The van der Waals surface area contributed by atoms with E-state index in [9.17, 15) is 0 Å². The highest BCUT2D eigenvalue weighted by Crippen LogP contribution is 2.27. The number of anilines is 2. The van der Waals surface area contributed by atoms with Gasteiger partial charge in [0.05, 0.1) is 12.6 Å². The zero-order valence-electron chi connectivity index (χ0n) is 19.9. The Morgan fingerprint density at radius 2 is 1.69 bits per heavy atom. The first-order valence-corrected chi connectivity index (χ1v) is 11.5. The first kappa shape index (κ1) is 22.3. The maximum atomic E-state index is 5.44. The highest BCUT2D eigenvalue weighted by Gasteiger charge is 2.22. The quantitative estimate of drug-likeness (QED) is 0.556. The minimum atomic E-state index is 0.411. The van der Waals surface area contributed by atoms with Crippen LogP contribution in [0.25, 0.3) is 10.9 Å². The van der Waals surface area contributed by atoms with Gasteiger partial charge in [-0.1, -0.05) is 18.2 Å². The van der Waals surface area contributed by atoms with Gasteiger partial charge in [-0.2, -0.15) is 4.98 Å². The van der Waals surface area contributed by atoms with Crippen LogP contribution >= 0.6 is 0 Å². The van der Waals surface area contributed by atoms with E-state index >= 15 is 0 Å². The van der Waals surface area contributed by atoms with E-state index in [4.69, 9.17) is 14.7 Å². The predicted molar refractivity (Wildman–Crippen MR) is 133 cm³/mol. The van der Waals surface area contributed by atoms with Gasteiger partial charge in [0.25, 0.3) is 0 Å². The van der Waals surface area contributed by atoms with Crippen molar-refractivity contribution in [3.8, 4) is 5.75 Å². The summed E-state index contributed by atoms with van der Waals surface area (Å²) in [6, 6.07) is 13.5. The van der Waals surface area contributed by atoms with Gasteiger partial charge in [-0.15, -0.1) is 0 Å². The number of methoxy groups -OCH3 is 1. The summed E-state index contributed by atoms with van der Waals surface area (Å²) in [7, 11) is 5.79. The van der Waals surface area contributed by atoms with Crippen molar-refractivity contribution in [1.82, 2.24) is 15.3 Å². The number of hydrogen-bond donors (Lipinski definition) is 2. The third-order valence-electron chi connectivity index (χ3n) is 6.50. The van der Waals surface area contributed by atoms with Crippen LogP contribution in [0.1, 0.15) is 42.4 Å². The molecule has 3 aromatic rings. The van der Waals surface area contributed by atoms with Crippen LogP contribution in [0.2, 0.25) is 0 Å². The SMILES string of the molecule is COc1cc(C)c(CN[C@H]2CC[C@@H](Nc3nc(N(C)C)c4ccccc4n3)CC2)cc1C. The Morgan fingerprint density at radius 3 is 2.41 bits per heavy atom. The van der Waals surface area contributed by atoms with Crippen molar-refractivity contribution in [1.29, 1.82) is 0 Å². The van der Waals surface area contributed by atoms with Crippen LogP contribution in [0.15, 0.2) is 36.4 Å². The first-order chi connectivity index (χ1) is 15.4. The van der Waals surface area contributed by atoms with E-state index in [1.807, 2.05) is 26.2 Å². The Bertz CT molecular complexity index is 1070. The second-order valence-corrected chi connectivity index (χ2v) is 9.10. The second-order valence-electron chi connectivity index (χ2n) is 9.10. The molecule has 0 bridgehead atoms. The Morgan fingerprint density at radius 1 is 0.969 bits per heavy atom. The smallest absolute Gasteiger partial charge is 0.225 e. The number of ether oxygens (including phenoxy) is 1. The zero-order chi connectivity index (χ0) is 22.7. The molecule has 0 unspecified atom stereocenters. The van der Waals surface area contributed by atoms with E-state index in [-0.39, 0.29) is 0 Å². The standard InChI is InChI=1S/C26H35N5O/c1-17-15-24(32-5)18(2)14-19(17)16-27-20-10-12-21(13-11-20)28-26-29-23-9-7-6-8-22(23)25(30-26)31(3)4/h6-9,14-15,20-21,27H,10-13,16H2,1-5H3,(H,28,29,30)/t20-,21+. The molecular weight excluding hydrogens is 398 g/mol. The molecule has 1 aliphatic carbocycles. The molecule has 0 radical (unpaired) electrons. The minimum Gasteiger partial charge on any atom is -0.496 e. The largest absolute Gasteiger partial charge is 0.496 e. The normalized spacial score (nSPS) is 18.5. The number of nitrogens with one attached hydrogen (secondary N) is 2. The van der Waals surface area contributed by atoms with Gasteiger partial charge < -0.3 is 20.3 Å². The van der Waals surface area contributed by atoms with E-state index in [0.29, 0.717) is 12.1 Å². The number of nitrogens with zero attached hydrogens (tertiary/aromatic N) is 3. The van der Waals surface area contributed by atoms with Gasteiger partial charge in [0.15, 0.2) is 0 Å². The molecule has 2 aromatic carbocycles. The van der Waals surface area contributed by atoms with Crippen molar-refractivity contribution >= 4 is 22.7 Å². The molecule has 1 aliphatic rings. The maximum absolute atomic E-state index is 5.44. The second kappa shape index (κ2) is 9.74. The van der Waals surface area contributed by atoms with Crippen LogP contribution < -0.4 is 20.3 Å². The molecule has 6 nitrogen and oxygen atoms in total. The number of aryl methyl sites for hydroxylation is 2. The number of rotatable bonds is 7. The van der Waals surface area contributed by atoms with E-state index in [1.165, 1.54) is 16.7 Å². The van der Waals surface area contributed by atoms with Crippen LogP contribution in [0.4, 0.5) is 11.8 Å². The molecule has 1 aromatic heterocycles. The Labute approximate surface area is 191 Å². The fourth-order valence-electron chi connectivity index (χ4n) is 4.60. The fourth-order valence-corrected chi connectivity index (χ4v) is 4.60. The molecule has 170 valence electrons. The Balaban J connectivity index is 1.34. The molecule has 1 heterocycles. The van der Waals surface area contributed by atoms with Gasteiger partial charge in [-0.3, -0.25) is 0 Å². The Kier molecular flexibility index (Phi) is 6.80. The molecule has 0 saturated heterocycles. The monoisotopic (exact) mass is 433 g/mol. The van der Waals surface area contributed by atoms with E-state index in [2.05, 4.69) is 53.6 Å². The number of benzene rings is 2. The molecule has 0 atom stereocenters. The van der Waals surface area contributed by atoms with Crippen LogP contribution in [0.5, 0.6) is 5.75 Å². The summed E-state index contributed by atoms with van der Waals surface area (Å²) < 4.78 is 5.44. The van der Waals surface area contributed by atoms with Crippen molar-refractivity contribution in [3.63, 3.8) is 0 Å². The number of hydrogen-bond acceptors (Lipinski definition) is 6. The molecule has 0 aliphatic heterocycles. The van der Waals surface area contributed by atoms with Gasteiger partial charge in [-0.25, -0.2) is 4.98 Å². The zero-order valence-corrected chi connectivity index (χ0v) is 19.9. The third-order valence-corrected chi connectivity index (χ3v) is 6.50. The van der Waals surface area contributed by atoms with Gasteiger partial charge in [0.1, 0.15) is 11.6 Å². The van der Waals surface area contributed by atoms with Crippen molar-refractivity contribution in [2.24, 2.45) is 0 Å². The molecule has 0 amide bonds.